The van der Waals surface area contributed by atoms with E-state index in [1.807, 2.05) is 12.1 Å². The molecule has 18 heavy (non-hydrogen) atoms. The van der Waals surface area contributed by atoms with Crippen molar-refractivity contribution in [3.63, 3.8) is 0 Å². The van der Waals surface area contributed by atoms with Crippen molar-refractivity contribution in [2.24, 2.45) is 5.73 Å². The Morgan fingerprint density at radius 2 is 1.72 bits per heavy atom. The molecule has 0 aliphatic carbocycles. The van der Waals surface area contributed by atoms with Crippen molar-refractivity contribution < 1.29 is 9.53 Å². The fourth-order valence-corrected chi connectivity index (χ4v) is 2.35. The highest BCUT2D eigenvalue weighted by atomic mass is 16.5. The summed E-state index contributed by atoms with van der Waals surface area (Å²) in [5, 5.41) is 0. The van der Waals surface area contributed by atoms with Crippen LogP contribution in [-0.4, -0.2) is 44.8 Å². The van der Waals surface area contributed by atoms with Crippen LogP contribution in [0.2, 0.25) is 0 Å². The Balaban J connectivity index is 1.71. The largest absolute Gasteiger partial charge is 0.378 e. The second kappa shape index (κ2) is 4.59. The molecular formula is C13H17N3O2. The molecule has 1 unspecified atom stereocenters. The van der Waals surface area contributed by atoms with Crippen LogP contribution in [0.15, 0.2) is 24.3 Å². The van der Waals surface area contributed by atoms with E-state index in [1.165, 1.54) is 5.69 Å². The summed E-state index contributed by atoms with van der Waals surface area (Å²) >= 11 is 0. The second-order valence-corrected chi connectivity index (χ2v) is 4.67. The maximum Gasteiger partial charge on any atom is 0.245 e. The molecule has 5 heteroatoms. The third-order valence-corrected chi connectivity index (χ3v) is 3.50. The SMILES string of the molecule is NC1CN(c2ccc(N3CCOCC3)cc2)C1=O. The van der Waals surface area contributed by atoms with E-state index < -0.39 is 0 Å². The number of amides is 1. The molecule has 1 aromatic rings. The average Bonchev–Trinajstić information content (AvgIpc) is 2.45. The summed E-state index contributed by atoms with van der Waals surface area (Å²) in [5.41, 5.74) is 7.69. The summed E-state index contributed by atoms with van der Waals surface area (Å²) in [7, 11) is 0. The molecule has 1 atom stereocenters. The third-order valence-electron chi connectivity index (χ3n) is 3.50. The van der Waals surface area contributed by atoms with Gasteiger partial charge in [-0.25, -0.2) is 0 Å². The zero-order chi connectivity index (χ0) is 12.5. The van der Waals surface area contributed by atoms with Gasteiger partial charge in [0.2, 0.25) is 5.91 Å². The topological polar surface area (TPSA) is 58.8 Å². The highest BCUT2D eigenvalue weighted by Crippen LogP contribution is 2.25. The Labute approximate surface area is 106 Å². The molecule has 2 heterocycles. The van der Waals surface area contributed by atoms with Gasteiger partial charge in [-0.3, -0.25) is 4.79 Å². The number of β-lactam (4-membered cyclic amide) rings is 1. The minimum absolute atomic E-state index is 0.00845. The molecule has 2 N–H and O–H groups in total. The lowest BCUT2D eigenvalue weighted by atomic mass is 10.1. The third kappa shape index (κ3) is 1.95. The average molecular weight is 247 g/mol. The van der Waals surface area contributed by atoms with Crippen molar-refractivity contribution in [3.05, 3.63) is 24.3 Å². The van der Waals surface area contributed by atoms with Gasteiger partial charge in [-0.05, 0) is 24.3 Å². The molecule has 3 rings (SSSR count). The van der Waals surface area contributed by atoms with Crippen LogP contribution >= 0.6 is 0 Å². The maximum atomic E-state index is 11.5. The van der Waals surface area contributed by atoms with Gasteiger partial charge in [0.1, 0.15) is 6.04 Å². The van der Waals surface area contributed by atoms with Crippen LogP contribution in [0.1, 0.15) is 0 Å². The van der Waals surface area contributed by atoms with Crippen LogP contribution in [0.4, 0.5) is 11.4 Å². The molecule has 2 saturated heterocycles. The maximum absolute atomic E-state index is 11.5. The molecule has 1 amide bonds. The van der Waals surface area contributed by atoms with Crippen LogP contribution in [-0.2, 0) is 9.53 Å². The quantitative estimate of drug-likeness (QED) is 0.758. The first-order valence-corrected chi connectivity index (χ1v) is 6.25. The van der Waals surface area contributed by atoms with Gasteiger partial charge in [-0.2, -0.15) is 0 Å². The number of carbonyl (C=O) groups excluding carboxylic acids is 1. The lowest BCUT2D eigenvalue weighted by Crippen LogP contribution is -2.61. The minimum Gasteiger partial charge on any atom is -0.378 e. The fourth-order valence-electron chi connectivity index (χ4n) is 2.35. The fraction of sp³-hybridized carbons (Fsp3) is 0.462. The summed E-state index contributed by atoms with van der Waals surface area (Å²) < 4.78 is 5.33. The Morgan fingerprint density at radius 1 is 1.11 bits per heavy atom. The number of benzene rings is 1. The van der Waals surface area contributed by atoms with E-state index in [1.54, 1.807) is 4.90 Å². The monoisotopic (exact) mass is 247 g/mol. The van der Waals surface area contributed by atoms with E-state index in [-0.39, 0.29) is 11.9 Å². The normalized spacial score (nSPS) is 24.1. The van der Waals surface area contributed by atoms with Gasteiger partial charge in [0.15, 0.2) is 0 Å². The van der Waals surface area contributed by atoms with Crippen LogP contribution < -0.4 is 15.5 Å². The Bertz CT molecular complexity index is 440. The van der Waals surface area contributed by atoms with E-state index >= 15 is 0 Å². The van der Waals surface area contributed by atoms with Crippen LogP contribution in [0.25, 0.3) is 0 Å². The molecule has 0 saturated carbocycles. The zero-order valence-electron chi connectivity index (χ0n) is 10.2. The summed E-state index contributed by atoms with van der Waals surface area (Å²) in [6, 6.07) is 7.75. The first-order valence-electron chi connectivity index (χ1n) is 6.25. The molecule has 2 aliphatic heterocycles. The van der Waals surface area contributed by atoms with Gasteiger partial charge in [-0.1, -0.05) is 0 Å². The van der Waals surface area contributed by atoms with Crippen molar-refractivity contribution >= 4 is 17.3 Å². The van der Waals surface area contributed by atoms with Gasteiger partial charge in [-0.15, -0.1) is 0 Å². The Hall–Kier alpha value is -1.59. The second-order valence-electron chi connectivity index (χ2n) is 4.67. The Morgan fingerprint density at radius 3 is 2.28 bits per heavy atom. The zero-order valence-corrected chi connectivity index (χ0v) is 10.2. The number of nitrogens with zero attached hydrogens (tertiary/aromatic N) is 2. The Kier molecular flexibility index (Phi) is 2.93. The van der Waals surface area contributed by atoms with E-state index in [2.05, 4.69) is 17.0 Å². The number of nitrogens with two attached hydrogens (primary N) is 1. The summed E-state index contributed by atoms with van der Waals surface area (Å²) in [4.78, 5) is 15.5. The number of hydrogen-bond donors (Lipinski definition) is 1. The number of rotatable bonds is 2. The highest BCUT2D eigenvalue weighted by Gasteiger charge is 2.34. The summed E-state index contributed by atoms with van der Waals surface area (Å²) in [6.45, 7) is 4.03. The standard InChI is InChI=1S/C13H17N3O2/c14-12-9-16(13(12)17)11-3-1-10(2-4-11)15-5-7-18-8-6-15/h1-4,12H,5-9,14H2. The minimum atomic E-state index is -0.316. The van der Waals surface area contributed by atoms with Crippen LogP contribution in [0.5, 0.6) is 0 Å². The van der Waals surface area contributed by atoms with Crippen molar-refractivity contribution in [2.75, 3.05) is 42.6 Å². The molecular weight excluding hydrogens is 230 g/mol. The summed E-state index contributed by atoms with van der Waals surface area (Å²) in [6.07, 6.45) is 0. The number of hydrogen-bond acceptors (Lipinski definition) is 4. The van der Waals surface area contributed by atoms with Gasteiger partial charge in [0, 0.05) is 24.5 Å². The van der Waals surface area contributed by atoms with Crippen LogP contribution in [0, 0.1) is 0 Å². The predicted octanol–water partition coefficient (Wildman–Crippen LogP) is 0.197. The van der Waals surface area contributed by atoms with Gasteiger partial charge >= 0.3 is 0 Å². The molecule has 0 aromatic heterocycles. The smallest absolute Gasteiger partial charge is 0.245 e. The van der Waals surface area contributed by atoms with E-state index in [0.29, 0.717) is 6.54 Å². The predicted molar refractivity (Wildman–Crippen MR) is 69.8 cm³/mol. The lowest BCUT2D eigenvalue weighted by molar-refractivity contribution is -0.123. The van der Waals surface area contributed by atoms with Crippen molar-refractivity contribution in [1.29, 1.82) is 0 Å². The molecule has 2 aliphatic rings. The van der Waals surface area contributed by atoms with Gasteiger partial charge in [0.05, 0.1) is 19.8 Å². The van der Waals surface area contributed by atoms with Crippen molar-refractivity contribution in [1.82, 2.24) is 0 Å². The summed E-state index contributed by atoms with van der Waals surface area (Å²) in [5.74, 6) is 0.00845. The molecule has 0 radical (unpaired) electrons. The molecule has 96 valence electrons. The first-order chi connectivity index (χ1) is 8.75. The number of anilines is 2. The number of ether oxygens (including phenoxy) is 1. The molecule has 0 spiro atoms. The van der Waals surface area contributed by atoms with E-state index in [9.17, 15) is 4.79 Å². The van der Waals surface area contributed by atoms with Gasteiger partial charge < -0.3 is 20.3 Å². The lowest BCUT2D eigenvalue weighted by Gasteiger charge is -2.36. The molecule has 5 nitrogen and oxygen atoms in total. The van der Waals surface area contributed by atoms with Crippen molar-refractivity contribution in [3.8, 4) is 0 Å². The van der Waals surface area contributed by atoms with Crippen molar-refractivity contribution in [2.45, 2.75) is 6.04 Å². The molecule has 2 fully saturated rings. The van der Waals surface area contributed by atoms with E-state index in [4.69, 9.17) is 10.5 Å². The van der Waals surface area contributed by atoms with Gasteiger partial charge in [0.25, 0.3) is 0 Å². The number of carbonyl (C=O) groups is 1. The van der Waals surface area contributed by atoms with E-state index in [0.717, 1.165) is 32.0 Å². The number of morpholine rings is 1. The molecule has 1 aromatic carbocycles. The first kappa shape index (κ1) is 11.5. The molecule has 0 bridgehead atoms. The van der Waals surface area contributed by atoms with Crippen LogP contribution in [0.3, 0.4) is 0 Å². The highest BCUT2D eigenvalue weighted by molar-refractivity contribution is 6.03.